The van der Waals surface area contributed by atoms with E-state index in [1.54, 1.807) is 0 Å². The number of benzene rings is 1. The van der Waals surface area contributed by atoms with Crippen molar-refractivity contribution in [2.45, 2.75) is 39.7 Å². The summed E-state index contributed by atoms with van der Waals surface area (Å²) >= 11 is 0. The van der Waals surface area contributed by atoms with Crippen molar-refractivity contribution in [3.8, 4) is 0 Å². The van der Waals surface area contributed by atoms with Crippen LogP contribution >= 0.6 is 0 Å². The monoisotopic (exact) mass is 192 g/mol. The van der Waals surface area contributed by atoms with Crippen molar-refractivity contribution in [1.29, 1.82) is 0 Å². The van der Waals surface area contributed by atoms with Crippen LogP contribution in [0.1, 0.15) is 42.5 Å². The number of hydrogen-bond donors (Lipinski definition) is 2. The average molecular weight is 192 g/mol. The maximum Gasteiger partial charge on any atom is 0.0462 e. The van der Waals surface area contributed by atoms with E-state index in [1.807, 2.05) is 0 Å². The van der Waals surface area contributed by atoms with Crippen LogP contribution in [0.2, 0.25) is 0 Å². The predicted octanol–water partition coefficient (Wildman–Crippen LogP) is 2.61. The van der Waals surface area contributed by atoms with Crippen LogP contribution in [-0.4, -0.2) is 0 Å². The van der Waals surface area contributed by atoms with Crippen LogP contribution in [-0.2, 0) is 0 Å². The molecule has 2 heteroatoms. The van der Waals surface area contributed by atoms with Gasteiger partial charge in [0.05, 0.1) is 0 Å². The Morgan fingerprint density at radius 1 is 1.36 bits per heavy atom. The van der Waals surface area contributed by atoms with Gasteiger partial charge >= 0.3 is 0 Å². The number of hydrogen-bond acceptors (Lipinski definition) is 2. The second kappa shape index (κ2) is 5.13. The van der Waals surface area contributed by atoms with Crippen LogP contribution in [0.25, 0.3) is 0 Å². The molecule has 0 aliphatic rings. The van der Waals surface area contributed by atoms with Gasteiger partial charge in [-0.15, -0.1) is 0 Å². The molecule has 78 valence electrons. The van der Waals surface area contributed by atoms with Crippen molar-refractivity contribution in [3.05, 3.63) is 34.9 Å². The summed E-state index contributed by atoms with van der Waals surface area (Å²) in [6.07, 6.45) is 2.23. The zero-order valence-electron chi connectivity index (χ0n) is 9.30. The highest BCUT2D eigenvalue weighted by molar-refractivity contribution is 5.32. The van der Waals surface area contributed by atoms with Gasteiger partial charge in [-0.2, -0.15) is 0 Å². The van der Waals surface area contributed by atoms with Gasteiger partial charge in [0, 0.05) is 6.04 Å². The van der Waals surface area contributed by atoms with E-state index >= 15 is 0 Å². The molecular weight excluding hydrogens is 172 g/mol. The second-order valence-electron chi connectivity index (χ2n) is 3.87. The van der Waals surface area contributed by atoms with E-state index in [2.05, 4.69) is 44.4 Å². The van der Waals surface area contributed by atoms with Crippen LogP contribution in [0.3, 0.4) is 0 Å². The molecule has 2 nitrogen and oxygen atoms in total. The smallest absolute Gasteiger partial charge is 0.0462 e. The molecule has 1 rings (SSSR count). The lowest BCUT2D eigenvalue weighted by atomic mass is 9.96. The number of aryl methyl sites for hydroxylation is 2. The Balaban J connectivity index is 2.96. The van der Waals surface area contributed by atoms with Gasteiger partial charge in [-0.25, -0.2) is 0 Å². The van der Waals surface area contributed by atoms with Gasteiger partial charge < -0.3 is 0 Å². The molecule has 1 aromatic carbocycles. The molecule has 3 N–H and O–H groups in total. The average Bonchev–Trinajstić information content (AvgIpc) is 2.18. The zero-order chi connectivity index (χ0) is 10.6. The summed E-state index contributed by atoms with van der Waals surface area (Å²) in [7, 11) is 0. The lowest BCUT2D eigenvalue weighted by molar-refractivity contribution is 0.508. The van der Waals surface area contributed by atoms with Crippen molar-refractivity contribution < 1.29 is 0 Å². The molecule has 0 heterocycles. The third-order valence-corrected chi connectivity index (χ3v) is 2.59. The Hall–Kier alpha value is -0.860. The predicted molar refractivity (Wildman–Crippen MR) is 60.9 cm³/mol. The van der Waals surface area contributed by atoms with E-state index in [1.165, 1.54) is 16.7 Å². The first-order valence-corrected chi connectivity index (χ1v) is 5.22. The minimum absolute atomic E-state index is 0.292. The quantitative estimate of drug-likeness (QED) is 0.568. The van der Waals surface area contributed by atoms with Crippen molar-refractivity contribution in [2.24, 2.45) is 5.84 Å². The summed E-state index contributed by atoms with van der Waals surface area (Å²) in [5.74, 6) is 5.56. The Labute approximate surface area is 86.5 Å². The van der Waals surface area contributed by atoms with Gasteiger partial charge in [0.2, 0.25) is 0 Å². The SMILES string of the molecule is CCCC(NN)c1cc(C)ccc1C. The third kappa shape index (κ3) is 2.56. The summed E-state index contributed by atoms with van der Waals surface area (Å²) in [4.78, 5) is 0. The largest absolute Gasteiger partial charge is 0.271 e. The van der Waals surface area contributed by atoms with E-state index in [0.717, 1.165) is 12.8 Å². The normalized spacial score (nSPS) is 12.9. The number of rotatable bonds is 4. The summed E-state index contributed by atoms with van der Waals surface area (Å²) in [5, 5.41) is 0. The fraction of sp³-hybridized carbons (Fsp3) is 0.500. The van der Waals surface area contributed by atoms with E-state index < -0.39 is 0 Å². The lowest BCUT2D eigenvalue weighted by Gasteiger charge is -2.18. The van der Waals surface area contributed by atoms with Gasteiger partial charge in [-0.1, -0.05) is 37.1 Å². The molecule has 0 aliphatic heterocycles. The molecule has 0 saturated heterocycles. The van der Waals surface area contributed by atoms with Crippen LogP contribution in [0, 0.1) is 13.8 Å². The first-order chi connectivity index (χ1) is 6.69. The molecule has 0 spiro atoms. The third-order valence-electron chi connectivity index (χ3n) is 2.59. The highest BCUT2D eigenvalue weighted by Gasteiger charge is 2.10. The molecule has 0 fully saturated rings. The van der Waals surface area contributed by atoms with Gasteiger partial charge in [0.1, 0.15) is 0 Å². The number of nitrogens with two attached hydrogens (primary N) is 1. The topological polar surface area (TPSA) is 38.0 Å². The highest BCUT2D eigenvalue weighted by atomic mass is 15.2. The minimum atomic E-state index is 0.292. The van der Waals surface area contributed by atoms with Crippen LogP contribution in [0.5, 0.6) is 0 Å². The minimum Gasteiger partial charge on any atom is -0.271 e. The molecule has 0 aromatic heterocycles. The lowest BCUT2D eigenvalue weighted by Crippen LogP contribution is -2.28. The fourth-order valence-corrected chi connectivity index (χ4v) is 1.75. The van der Waals surface area contributed by atoms with Crippen LogP contribution < -0.4 is 11.3 Å². The molecule has 0 aliphatic carbocycles. The number of nitrogens with one attached hydrogen (secondary N) is 1. The first kappa shape index (κ1) is 11.2. The summed E-state index contributed by atoms with van der Waals surface area (Å²) in [5.41, 5.74) is 6.82. The van der Waals surface area contributed by atoms with E-state index in [0.29, 0.717) is 6.04 Å². The number of hydrazine groups is 1. The van der Waals surface area contributed by atoms with Crippen molar-refractivity contribution >= 4 is 0 Å². The summed E-state index contributed by atoms with van der Waals surface area (Å²) < 4.78 is 0. The van der Waals surface area contributed by atoms with E-state index in [9.17, 15) is 0 Å². The maximum absolute atomic E-state index is 5.56. The molecule has 1 unspecified atom stereocenters. The molecule has 0 bridgehead atoms. The molecule has 0 saturated carbocycles. The van der Waals surface area contributed by atoms with Gasteiger partial charge in [-0.05, 0) is 31.4 Å². The summed E-state index contributed by atoms with van der Waals surface area (Å²) in [6, 6.07) is 6.80. The molecule has 14 heavy (non-hydrogen) atoms. The van der Waals surface area contributed by atoms with Crippen molar-refractivity contribution in [1.82, 2.24) is 5.43 Å². The molecular formula is C12H20N2. The van der Waals surface area contributed by atoms with E-state index in [-0.39, 0.29) is 0 Å². The second-order valence-corrected chi connectivity index (χ2v) is 3.87. The standard InChI is InChI=1S/C12H20N2/c1-4-5-12(14-13)11-8-9(2)6-7-10(11)3/h6-8,12,14H,4-5,13H2,1-3H3. The van der Waals surface area contributed by atoms with Crippen LogP contribution in [0.4, 0.5) is 0 Å². The van der Waals surface area contributed by atoms with Gasteiger partial charge in [-0.3, -0.25) is 11.3 Å². The molecule has 0 amide bonds. The highest BCUT2D eigenvalue weighted by Crippen LogP contribution is 2.22. The Morgan fingerprint density at radius 3 is 2.64 bits per heavy atom. The zero-order valence-corrected chi connectivity index (χ0v) is 9.30. The Bertz CT molecular complexity index is 294. The summed E-state index contributed by atoms with van der Waals surface area (Å²) in [6.45, 7) is 6.42. The Morgan fingerprint density at radius 2 is 2.07 bits per heavy atom. The fourth-order valence-electron chi connectivity index (χ4n) is 1.75. The van der Waals surface area contributed by atoms with Crippen molar-refractivity contribution in [2.75, 3.05) is 0 Å². The molecule has 1 atom stereocenters. The first-order valence-electron chi connectivity index (χ1n) is 5.22. The van der Waals surface area contributed by atoms with Gasteiger partial charge in [0.15, 0.2) is 0 Å². The molecule has 1 aromatic rings. The van der Waals surface area contributed by atoms with Crippen molar-refractivity contribution in [3.63, 3.8) is 0 Å². The van der Waals surface area contributed by atoms with Crippen LogP contribution in [0.15, 0.2) is 18.2 Å². The Kier molecular flexibility index (Phi) is 4.11. The van der Waals surface area contributed by atoms with E-state index in [4.69, 9.17) is 5.84 Å². The molecule has 0 radical (unpaired) electrons. The maximum atomic E-state index is 5.56. The van der Waals surface area contributed by atoms with Gasteiger partial charge in [0.25, 0.3) is 0 Å².